The predicted octanol–water partition coefficient (Wildman–Crippen LogP) is 2.26. The molecule has 0 radical (unpaired) electrons. The summed E-state index contributed by atoms with van der Waals surface area (Å²) in [5, 5.41) is 14.9. The molecule has 7 heteroatoms. The first kappa shape index (κ1) is 15.1. The first-order valence-corrected chi connectivity index (χ1v) is 6.70. The van der Waals surface area contributed by atoms with Crippen molar-refractivity contribution < 1.29 is 9.31 Å². The van der Waals surface area contributed by atoms with Crippen molar-refractivity contribution in [1.29, 1.82) is 0 Å². The third kappa shape index (κ3) is 3.63. The van der Waals surface area contributed by atoms with Crippen LogP contribution in [0, 0.1) is 15.9 Å². The van der Waals surface area contributed by atoms with E-state index in [4.69, 9.17) is 5.73 Å². The maximum Gasteiger partial charge on any atom is 0.305 e. The third-order valence-electron chi connectivity index (χ3n) is 3.30. The average Bonchev–Trinajstić information content (AvgIpc) is 2.88. The Morgan fingerprint density at radius 2 is 2.29 bits per heavy atom. The highest BCUT2D eigenvalue weighted by atomic mass is 19.1. The van der Waals surface area contributed by atoms with E-state index in [0.29, 0.717) is 6.42 Å². The standard InChI is InChI=1S/C14H17FN4O2/c1-2-12(16)6-10-7-17-18(8-10)9-11-4-3-5-13(14(11)15)19(20)21/h3-5,7-8,12H,2,6,9,16H2,1H3. The second kappa shape index (κ2) is 6.45. The zero-order valence-electron chi connectivity index (χ0n) is 11.7. The molecular formula is C14H17FN4O2. The number of rotatable bonds is 6. The summed E-state index contributed by atoms with van der Waals surface area (Å²) in [6.45, 7) is 2.16. The molecule has 0 saturated heterocycles. The minimum atomic E-state index is -0.815. The van der Waals surface area contributed by atoms with Crippen LogP contribution in [0.4, 0.5) is 10.1 Å². The Bertz CT molecular complexity index is 642. The molecule has 0 bridgehead atoms. The van der Waals surface area contributed by atoms with Gasteiger partial charge in [-0.25, -0.2) is 0 Å². The highest BCUT2D eigenvalue weighted by molar-refractivity contribution is 5.36. The first-order chi connectivity index (χ1) is 10.0. The molecule has 0 fully saturated rings. The lowest BCUT2D eigenvalue weighted by molar-refractivity contribution is -0.387. The van der Waals surface area contributed by atoms with Crippen molar-refractivity contribution in [3.8, 4) is 0 Å². The van der Waals surface area contributed by atoms with E-state index in [1.54, 1.807) is 17.1 Å². The molecule has 1 atom stereocenters. The minimum Gasteiger partial charge on any atom is -0.327 e. The van der Waals surface area contributed by atoms with E-state index < -0.39 is 16.4 Å². The summed E-state index contributed by atoms with van der Waals surface area (Å²) in [6.07, 6.45) is 5.04. The van der Waals surface area contributed by atoms with Crippen LogP contribution >= 0.6 is 0 Å². The van der Waals surface area contributed by atoms with Gasteiger partial charge in [0.15, 0.2) is 0 Å². The molecule has 21 heavy (non-hydrogen) atoms. The van der Waals surface area contributed by atoms with Gasteiger partial charge in [0.25, 0.3) is 0 Å². The fraction of sp³-hybridized carbons (Fsp3) is 0.357. The van der Waals surface area contributed by atoms with Gasteiger partial charge in [0, 0.05) is 23.9 Å². The molecule has 0 aliphatic heterocycles. The van der Waals surface area contributed by atoms with E-state index in [1.807, 2.05) is 6.92 Å². The summed E-state index contributed by atoms with van der Waals surface area (Å²) >= 11 is 0. The third-order valence-corrected chi connectivity index (χ3v) is 3.30. The van der Waals surface area contributed by atoms with Crippen LogP contribution in [0.15, 0.2) is 30.6 Å². The summed E-state index contributed by atoms with van der Waals surface area (Å²) in [5.41, 5.74) is 6.55. The number of benzene rings is 1. The second-order valence-corrected chi connectivity index (χ2v) is 4.93. The number of hydrogen-bond acceptors (Lipinski definition) is 4. The zero-order chi connectivity index (χ0) is 15.4. The Morgan fingerprint density at radius 1 is 1.52 bits per heavy atom. The molecule has 1 unspecified atom stereocenters. The monoisotopic (exact) mass is 292 g/mol. The van der Waals surface area contributed by atoms with Crippen molar-refractivity contribution in [2.45, 2.75) is 32.4 Å². The van der Waals surface area contributed by atoms with E-state index in [2.05, 4.69) is 5.10 Å². The quantitative estimate of drug-likeness (QED) is 0.653. The molecule has 0 amide bonds. The number of aromatic nitrogens is 2. The van der Waals surface area contributed by atoms with Crippen LogP contribution in [0.25, 0.3) is 0 Å². The Labute approximate surface area is 121 Å². The van der Waals surface area contributed by atoms with Crippen LogP contribution in [0.2, 0.25) is 0 Å². The summed E-state index contributed by atoms with van der Waals surface area (Å²) in [4.78, 5) is 9.99. The van der Waals surface area contributed by atoms with E-state index in [0.717, 1.165) is 18.1 Å². The van der Waals surface area contributed by atoms with E-state index in [9.17, 15) is 14.5 Å². The maximum atomic E-state index is 14.0. The van der Waals surface area contributed by atoms with Gasteiger partial charge in [0.05, 0.1) is 17.7 Å². The van der Waals surface area contributed by atoms with Crippen molar-refractivity contribution in [3.05, 3.63) is 57.7 Å². The van der Waals surface area contributed by atoms with Crippen molar-refractivity contribution in [1.82, 2.24) is 9.78 Å². The van der Waals surface area contributed by atoms with E-state index in [1.165, 1.54) is 12.1 Å². The first-order valence-electron chi connectivity index (χ1n) is 6.70. The van der Waals surface area contributed by atoms with Gasteiger partial charge in [0.2, 0.25) is 5.82 Å². The molecule has 0 spiro atoms. The van der Waals surface area contributed by atoms with Gasteiger partial charge in [-0.1, -0.05) is 19.1 Å². The van der Waals surface area contributed by atoms with E-state index in [-0.39, 0.29) is 18.2 Å². The number of halogens is 1. The number of nitro groups is 1. The molecule has 1 heterocycles. The Kier molecular flexibility index (Phi) is 4.64. The molecular weight excluding hydrogens is 275 g/mol. The normalized spacial score (nSPS) is 12.3. The van der Waals surface area contributed by atoms with E-state index >= 15 is 0 Å². The van der Waals surface area contributed by atoms with Crippen molar-refractivity contribution in [2.24, 2.45) is 5.73 Å². The number of nitro benzene ring substituents is 1. The molecule has 2 aromatic rings. The molecule has 2 N–H and O–H groups in total. The minimum absolute atomic E-state index is 0.0669. The van der Waals surface area contributed by atoms with Crippen molar-refractivity contribution in [3.63, 3.8) is 0 Å². The van der Waals surface area contributed by atoms with Crippen LogP contribution in [-0.2, 0) is 13.0 Å². The van der Waals surface area contributed by atoms with Gasteiger partial charge in [-0.15, -0.1) is 0 Å². The van der Waals surface area contributed by atoms with Gasteiger partial charge < -0.3 is 5.73 Å². The van der Waals surface area contributed by atoms with Gasteiger partial charge in [-0.05, 0) is 18.4 Å². The smallest absolute Gasteiger partial charge is 0.305 e. The van der Waals surface area contributed by atoms with Gasteiger partial charge in [-0.3, -0.25) is 14.8 Å². The molecule has 0 saturated carbocycles. The van der Waals surface area contributed by atoms with Crippen LogP contribution in [0.5, 0.6) is 0 Å². The van der Waals surface area contributed by atoms with Crippen molar-refractivity contribution >= 4 is 5.69 Å². The molecule has 6 nitrogen and oxygen atoms in total. The summed E-state index contributed by atoms with van der Waals surface area (Å²) in [6, 6.07) is 4.19. The van der Waals surface area contributed by atoms with Crippen LogP contribution in [0.3, 0.4) is 0 Å². The largest absolute Gasteiger partial charge is 0.327 e. The maximum absolute atomic E-state index is 14.0. The summed E-state index contributed by atoms with van der Waals surface area (Å²) in [5.74, 6) is -0.815. The lowest BCUT2D eigenvalue weighted by Gasteiger charge is -2.06. The number of hydrogen-bond donors (Lipinski definition) is 1. The molecule has 0 aliphatic rings. The topological polar surface area (TPSA) is 87.0 Å². The Hall–Kier alpha value is -2.28. The summed E-state index contributed by atoms with van der Waals surface area (Å²) < 4.78 is 15.5. The number of nitrogens with two attached hydrogens (primary N) is 1. The predicted molar refractivity (Wildman–Crippen MR) is 76.4 cm³/mol. The molecule has 0 aliphatic carbocycles. The fourth-order valence-electron chi connectivity index (χ4n) is 2.05. The Balaban J connectivity index is 2.15. The molecule has 1 aromatic carbocycles. The summed E-state index contributed by atoms with van der Waals surface area (Å²) in [7, 11) is 0. The lowest BCUT2D eigenvalue weighted by Crippen LogP contribution is -2.21. The molecule has 112 valence electrons. The van der Waals surface area contributed by atoms with Crippen LogP contribution in [0.1, 0.15) is 24.5 Å². The van der Waals surface area contributed by atoms with Gasteiger partial charge in [0.1, 0.15) is 0 Å². The highest BCUT2D eigenvalue weighted by Gasteiger charge is 2.17. The molecule has 1 aromatic heterocycles. The average molecular weight is 292 g/mol. The van der Waals surface area contributed by atoms with Crippen LogP contribution in [-0.4, -0.2) is 20.7 Å². The van der Waals surface area contributed by atoms with Crippen molar-refractivity contribution in [2.75, 3.05) is 0 Å². The lowest BCUT2D eigenvalue weighted by atomic mass is 10.1. The fourth-order valence-corrected chi connectivity index (χ4v) is 2.05. The van der Waals surface area contributed by atoms with Gasteiger partial charge >= 0.3 is 5.69 Å². The highest BCUT2D eigenvalue weighted by Crippen LogP contribution is 2.20. The molecule has 2 rings (SSSR count). The van der Waals surface area contributed by atoms with Gasteiger partial charge in [-0.2, -0.15) is 9.49 Å². The van der Waals surface area contributed by atoms with Crippen LogP contribution < -0.4 is 5.73 Å². The zero-order valence-corrected chi connectivity index (χ0v) is 11.7. The Morgan fingerprint density at radius 3 is 2.95 bits per heavy atom. The second-order valence-electron chi connectivity index (χ2n) is 4.93. The SMILES string of the molecule is CCC(N)Cc1cnn(Cc2cccc([N+](=O)[O-])c2F)c1. The number of nitrogens with zero attached hydrogens (tertiary/aromatic N) is 3.